The van der Waals surface area contributed by atoms with E-state index in [-0.39, 0.29) is 5.91 Å². The van der Waals surface area contributed by atoms with E-state index in [0.29, 0.717) is 6.42 Å². The van der Waals surface area contributed by atoms with Crippen LogP contribution >= 0.6 is 11.3 Å². The number of carbonyl (C=O) groups is 1. The Morgan fingerprint density at radius 3 is 2.60 bits per heavy atom. The van der Waals surface area contributed by atoms with Gasteiger partial charge in [-0.3, -0.25) is 4.79 Å². The van der Waals surface area contributed by atoms with Crippen LogP contribution in [-0.4, -0.2) is 10.9 Å². The number of benzene rings is 2. The zero-order chi connectivity index (χ0) is 17.5. The van der Waals surface area contributed by atoms with E-state index in [1.165, 1.54) is 23.1 Å². The zero-order valence-electron chi connectivity index (χ0n) is 14.6. The Morgan fingerprint density at radius 1 is 1.04 bits per heavy atom. The number of nitrogens with one attached hydrogen (secondary N) is 1. The van der Waals surface area contributed by atoms with Gasteiger partial charge in [-0.1, -0.05) is 37.6 Å². The molecule has 4 heteroatoms. The minimum absolute atomic E-state index is 0.0717. The normalized spacial score (nSPS) is 10.9. The lowest BCUT2D eigenvalue weighted by molar-refractivity contribution is -0.116. The number of rotatable bonds is 8. The SMILES string of the molecule is CCCCc1ccc(NC(=O)CCCc2nc3ccccc3s2)cc1. The average molecular weight is 353 g/mol. The molecular formula is C21H24N2OS. The quantitative estimate of drug-likeness (QED) is 0.573. The van der Waals surface area contributed by atoms with E-state index < -0.39 is 0 Å². The molecule has 0 radical (unpaired) electrons. The van der Waals surface area contributed by atoms with E-state index in [0.717, 1.165) is 35.5 Å². The van der Waals surface area contributed by atoms with Gasteiger partial charge in [0, 0.05) is 12.1 Å². The Balaban J connectivity index is 1.44. The number of amides is 1. The molecule has 25 heavy (non-hydrogen) atoms. The van der Waals surface area contributed by atoms with Crippen LogP contribution in [0.2, 0.25) is 0 Å². The maximum absolute atomic E-state index is 12.1. The number of nitrogens with zero attached hydrogens (tertiary/aromatic N) is 1. The standard InChI is InChI=1S/C21H24N2OS/c1-2-3-7-16-12-14-17(15-13-16)22-20(24)10-6-11-21-23-18-8-4-5-9-19(18)25-21/h4-5,8-9,12-15H,2-3,6-7,10-11H2,1H3,(H,22,24). The number of unbranched alkanes of at least 4 members (excludes halogenated alkanes) is 1. The molecule has 1 N–H and O–H groups in total. The van der Waals surface area contributed by atoms with Crippen molar-refractivity contribution >= 4 is 33.1 Å². The molecule has 0 aliphatic carbocycles. The fraction of sp³-hybridized carbons (Fsp3) is 0.333. The van der Waals surface area contributed by atoms with Crippen LogP contribution in [0.5, 0.6) is 0 Å². The second kappa shape index (κ2) is 8.77. The van der Waals surface area contributed by atoms with Gasteiger partial charge in [0.25, 0.3) is 0 Å². The summed E-state index contributed by atoms with van der Waals surface area (Å²) in [4.78, 5) is 16.7. The van der Waals surface area contributed by atoms with E-state index in [1.807, 2.05) is 30.3 Å². The van der Waals surface area contributed by atoms with Gasteiger partial charge in [-0.05, 0) is 55.5 Å². The Bertz CT molecular complexity index is 790. The molecule has 2 aromatic carbocycles. The molecule has 1 aromatic heterocycles. The van der Waals surface area contributed by atoms with Crippen molar-refractivity contribution in [2.45, 2.75) is 45.4 Å². The first-order chi connectivity index (χ1) is 12.2. The number of carbonyl (C=O) groups excluding carboxylic acids is 1. The molecule has 0 bridgehead atoms. The van der Waals surface area contributed by atoms with Crippen LogP contribution in [0.4, 0.5) is 5.69 Å². The van der Waals surface area contributed by atoms with Crippen LogP contribution in [0.3, 0.4) is 0 Å². The Morgan fingerprint density at radius 2 is 1.84 bits per heavy atom. The number of aryl methyl sites for hydroxylation is 2. The number of hydrogen-bond acceptors (Lipinski definition) is 3. The Labute approximate surface area is 153 Å². The Hall–Kier alpha value is -2.20. The summed E-state index contributed by atoms with van der Waals surface area (Å²) in [5.41, 5.74) is 3.26. The molecule has 3 aromatic rings. The van der Waals surface area contributed by atoms with Gasteiger partial charge in [-0.15, -0.1) is 11.3 Å². The highest BCUT2D eigenvalue weighted by molar-refractivity contribution is 7.18. The van der Waals surface area contributed by atoms with Crippen molar-refractivity contribution in [2.24, 2.45) is 0 Å². The first-order valence-corrected chi connectivity index (χ1v) is 9.79. The minimum Gasteiger partial charge on any atom is -0.326 e. The van der Waals surface area contributed by atoms with Crippen molar-refractivity contribution in [3.63, 3.8) is 0 Å². The molecule has 0 saturated carbocycles. The average Bonchev–Trinajstić information content (AvgIpc) is 3.04. The van der Waals surface area contributed by atoms with Crippen molar-refractivity contribution in [1.82, 2.24) is 4.98 Å². The van der Waals surface area contributed by atoms with E-state index in [2.05, 4.69) is 35.4 Å². The highest BCUT2D eigenvalue weighted by atomic mass is 32.1. The monoisotopic (exact) mass is 352 g/mol. The third-order valence-electron chi connectivity index (χ3n) is 4.19. The van der Waals surface area contributed by atoms with E-state index in [1.54, 1.807) is 11.3 Å². The molecule has 1 amide bonds. The summed E-state index contributed by atoms with van der Waals surface area (Å²) >= 11 is 1.72. The topological polar surface area (TPSA) is 42.0 Å². The molecule has 0 aliphatic heterocycles. The van der Waals surface area contributed by atoms with E-state index >= 15 is 0 Å². The second-order valence-electron chi connectivity index (χ2n) is 6.28. The summed E-state index contributed by atoms with van der Waals surface area (Å²) in [5.74, 6) is 0.0717. The molecule has 0 fully saturated rings. The fourth-order valence-corrected chi connectivity index (χ4v) is 3.80. The number of hydrogen-bond donors (Lipinski definition) is 1. The van der Waals surface area contributed by atoms with Crippen LogP contribution in [0.1, 0.15) is 43.2 Å². The zero-order valence-corrected chi connectivity index (χ0v) is 15.4. The predicted octanol–water partition coefficient (Wildman–Crippen LogP) is 5.60. The molecule has 3 rings (SSSR count). The van der Waals surface area contributed by atoms with E-state index in [4.69, 9.17) is 0 Å². The van der Waals surface area contributed by atoms with Crippen LogP contribution < -0.4 is 5.32 Å². The maximum Gasteiger partial charge on any atom is 0.224 e. The van der Waals surface area contributed by atoms with Crippen LogP contribution in [0.15, 0.2) is 48.5 Å². The summed E-state index contributed by atoms with van der Waals surface area (Å²) in [6.07, 6.45) is 5.70. The summed E-state index contributed by atoms with van der Waals surface area (Å²) in [7, 11) is 0. The third kappa shape index (κ3) is 5.13. The number of anilines is 1. The molecule has 0 saturated heterocycles. The Kier molecular flexibility index (Phi) is 6.18. The van der Waals surface area contributed by atoms with Gasteiger partial charge in [-0.2, -0.15) is 0 Å². The van der Waals surface area contributed by atoms with Crippen molar-refractivity contribution in [1.29, 1.82) is 0 Å². The molecule has 0 aliphatic rings. The fourth-order valence-electron chi connectivity index (χ4n) is 2.79. The number of para-hydroxylation sites is 1. The molecule has 3 nitrogen and oxygen atoms in total. The smallest absolute Gasteiger partial charge is 0.224 e. The summed E-state index contributed by atoms with van der Waals surface area (Å²) in [6, 6.07) is 16.4. The number of aromatic nitrogens is 1. The lowest BCUT2D eigenvalue weighted by Gasteiger charge is -2.06. The molecule has 0 atom stereocenters. The van der Waals surface area contributed by atoms with E-state index in [9.17, 15) is 4.79 Å². The van der Waals surface area contributed by atoms with Gasteiger partial charge >= 0.3 is 0 Å². The molecule has 1 heterocycles. The summed E-state index contributed by atoms with van der Waals surface area (Å²) in [5, 5.41) is 4.09. The maximum atomic E-state index is 12.1. The van der Waals surface area contributed by atoms with Gasteiger partial charge in [0.2, 0.25) is 5.91 Å². The lowest BCUT2D eigenvalue weighted by atomic mass is 10.1. The third-order valence-corrected chi connectivity index (χ3v) is 5.29. The summed E-state index contributed by atoms with van der Waals surface area (Å²) in [6.45, 7) is 2.20. The second-order valence-corrected chi connectivity index (χ2v) is 7.39. The van der Waals surface area contributed by atoms with Gasteiger partial charge in [0.1, 0.15) is 0 Å². The minimum atomic E-state index is 0.0717. The number of fused-ring (bicyclic) bond motifs is 1. The van der Waals surface area contributed by atoms with Gasteiger partial charge in [0.15, 0.2) is 0 Å². The first-order valence-electron chi connectivity index (χ1n) is 8.98. The van der Waals surface area contributed by atoms with Gasteiger partial charge < -0.3 is 5.32 Å². The van der Waals surface area contributed by atoms with Crippen molar-refractivity contribution in [3.8, 4) is 0 Å². The lowest BCUT2D eigenvalue weighted by Crippen LogP contribution is -2.11. The van der Waals surface area contributed by atoms with Crippen LogP contribution in [0.25, 0.3) is 10.2 Å². The first kappa shape index (κ1) is 17.6. The van der Waals surface area contributed by atoms with Gasteiger partial charge in [-0.25, -0.2) is 4.98 Å². The van der Waals surface area contributed by atoms with Gasteiger partial charge in [0.05, 0.1) is 15.2 Å². The highest BCUT2D eigenvalue weighted by Gasteiger charge is 2.06. The molecular weight excluding hydrogens is 328 g/mol. The van der Waals surface area contributed by atoms with Crippen molar-refractivity contribution < 1.29 is 4.79 Å². The number of thiazole rings is 1. The summed E-state index contributed by atoms with van der Waals surface area (Å²) < 4.78 is 1.21. The highest BCUT2D eigenvalue weighted by Crippen LogP contribution is 2.22. The predicted molar refractivity (Wildman–Crippen MR) is 106 cm³/mol. The largest absolute Gasteiger partial charge is 0.326 e. The van der Waals surface area contributed by atoms with Crippen LogP contribution in [-0.2, 0) is 17.6 Å². The van der Waals surface area contributed by atoms with Crippen molar-refractivity contribution in [3.05, 3.63) is 59.1 Å². The molecule has 0 unspecified atom stereocenters. The van der Waals surface area contributed by atoms with Crippen LogP contribution in [0, 0.1) is 0 Å². The molecule has 0 spiro atoms. The molecule has 130 valence electrons. The van der Waals surface area contributed by atoms with Crippen molar-refractivity contribution in [2.75, 3.05) is 5.32 Å².